The second-order valence-corrected chi connectivity index (χ2v) is 4.61. The average molecular weight is 240 g/mol. The van der Waals surface area contributed by atoms with Gasteiger partial charge in [0, 0.05) is 23.6 Å². The van der Waals surface area contributed by atoms with Gasteiger partial charge in [0.05, 0.1) is 0 Å². The molecule has 5 nitrogen and oxygen atoms in total. The molecule has 1 aromatic rings. The lowest BCUT2D eigenvalue weighted by Gasteiger charge is -2.10. The van der Waals surface area contributed by atoms with Gasteiger partial charge in [0.1, 0.15) is 5.82 Å². The molecule has 1 aromatic heterocycles. The van der Waals surface area contributed by atoms with Gasteiger partial charge in [-0.1, -0.05) is 6.92 Å². The number of nitrogen functional groups attached to an aromatic ring is 1. The number of nitrogens with two attached hydrogens (primary N) is 1. The summed E-state index contributed by atoms with van der Waals surface area (Å²) in [7, 11) is 0. The van der Waals surface area contributed by atoms with E-state index in [0.29, 0.717) is 23.2 Å². The van der Waals surface area contributed by atoms with Gasteiger partial charge in [0.25, 0.3) is 5.91 Å². The summed E-state index contributed by atoms with van der Waals surface area (Å²) in [5, 5.41) is 3.25. The molecule has 0 spiro atoms. The first kappa shape index (κ1) is 12.8. The fraction of sp³-hybridized carbons (Fsp3) is 0.400. The van der Waals surface area contributed by atoms with E-state index in [1.54, 1.807) is 30.1 Å². The molecule has 0 aliphatic carbocycles. The van der Waals surface area contributed by atoms with Crippen LogP contribution in [-0.2, 0) is 0 Å². The minimum absolute atomic E-state index is 0.111. The molecule has 0 bridgehead atoms. The maximum absolute atomic E-state index is 11.7. The van der Waals surface area contributed by atoms with Gasteiger partial charge >= 0.3 is 0 Å². The van der Waals surface area contributed by atoms with E-state index in [4.69, 9.17) is 5.84 Å². The summed E-state index contributed by atoms with van der Waals surface area (Å²) in [6.45, 7) is 2.71. The fourth-order valence-corrected chi connectivity index (χ4v) is 1.32. The molecule has 1 rings (SSSR count). The predicted octanol–water partition coefficient (Wildman–Crippen LogP) is 0.849. The van der Waals surface area contributed by atoms with E-state index in [2.05, 4.69) is 22.7 Å². The number of hydrazine groups is 1. The number of carbonyl (C=O) groups excluding carboxylic acids is 1. The van der Waals surface area contributed by atoms with Crippen LogP contribution in [0.5, 0.6) is 0 Å². The molecule has 88 valence electrons. The third-order valence-corrected chi connectivity index (χ3v) is 3.09. The van der Waals surface area contributed by atoms with Crippen LogP contribution in [0, 0.1) is 0 Å². The maximum Gasteiger partial charge on any atom is 0.251 e. The average Bonchev–Trinajstić information content (AvgIpc) is 2.35. The molecule has 16 heavy (non-hydrogen) atoms. The van der Waals surface area contributed by atoms with Crippen LogP contribution in [0.15, 0.2) is 18.3 Å². The van der Waals surface area contributed by atoms with Crippen LogP contribution < -0.4 is 16.6 Å². The monoisotopic (exact) mass is 240 g/mol. The topological polar surface area (TPSA) is 80.0 Å². The van der Waals surface area contributed by atoms with Crippen molar-refractivity contribution < 1.29 is 4.79 Å². The van der Waals surface area contributed by atoms with Crippen molar-refractivity contribution in [3.05, 3.63) is 23.9 Å². The van der Waals surface area contributed by atoms with Gasteiger partial charge in [-0.2, -0.15) is 11.8 Å². The number of thioether (sulfide) groups is 1. The van der Waals surface area contributed by atoms with E-state index in [9.17, 15) is 4.79 Å². The van der Waals surface area contributed by atoms with Crippen molar-refractivity contribution in [2.45, 2.75) is 12.2 Å². The molecular formula is C10H16N4OS. The molecule has 0 fully saturated rings. The molecule has 4 N–H and O–H groups in total. The normalized spacial score (nSPS) is 11.9. The fourth-order valence-electron chi connectivity index (χ4n) is 1.07. The molecule has 1 heterocycles. The number of rotatable bonds is 5. The van der Waals surface area contributed by atoms with E-state index < -0.39 is 0 Å². The summed E-state index contributed by atoms with van der Waals surface area (Å²) in [6, 6.07) is 3.26. The molecule has 0 aliphatic heterocycles. The van der Waals surface area contributed by atoms with Crippen LogP contribution in [0.4, 0.5) is 5.82 Å². The number of nitrogens with one attached hydrogen (secondary N) is 2. The van der Waals surface area contributed by atoms with Gasteiger partial charge in [-0.05, 0) is 18.4 Å². The summed E-state index contributed by atoms with van der Waals surface area (Å²) < 4.78 is 0. The Morgan fingerprint density at radius 2 is 2.44 bits per heavy atom. The van der Waals surface area contributed by atoms with Crippen molar-refractivity contribution in [2.75, 3.05) is 18.2 Å². The second-order valence-electron chi connectivity index (χ2n) is 3.33. The van der Waals surface area contributed by atoms with Gasteiger partial charge in [-0.15, -0.1) is 0 Å². The Balaban J connectivity index is 2.58. The molecule has 0 aromatic carbocycles. The van der Waals surface area contributed by atoms with E-state index in [0.717, 1.165) is 0 Å². The van der Waals surface area contributed by atoms with Gasteiger partial charge < -0.3 is 10.7 Å². The van der Waals surface area contributed by atoms with Crippen molar-refractivity contribution in [1.29, 1.82) is 0 Å². The van der Waals surface area contributed by atoms with Crippen LogP contribution in [0.25, 0.3) is 0 Å². The zero-order chi connectivity index (χ0) is 12.0. The summed E-state index contributed by atoms with van der Waals surface area (Å²) in [6.07, 6.45) is 3.56. The Labute approximate surface area is 99.2 Å². The van der Waals surface area contributed by atoms with Gasteiger partial charge in [-0.25, -0.2) is 10.8 Å². The molecule has 1 amide bonds. The minimum Gasteiger partial charge on any atom is -0.351 e. The number of carbonyl (C=O) groups is 1. The van der Waals surface area contributed by atoms with Crippen molar-refractivity contribution in [1.82, 2.24) is 10.3 Å². The summed E-state index contributed by atoms with van der Waals surface area (Å²) in [4.78, 5) is 15.6. The zero-order valence-corrected chi connectivity index (χ0v) is 10.2. The van der Waals surface area contributed by atoms with E-state index in [-0.39, 0.29) is 5.91 Å². The quantitative estimate of drug-likeness (QED) is 0.525. The molecule has 1 unspecified atom stereocenters. The smallest absolute Gasteiger partial charge is 0.251 e. The lowest BCUT2D eigenvalue weighted by molar-refractivity contribution is 0.0954. The van der Waals surface area contributed by atoms with Crippen molar-refractivity contribution >= 4 is 23.5 Å². The second kappa shape index (κ2) is 6.34. The summed E-state index contributed by atoms with van der Waals surface area (Å²) in [5.74, 6) is 5.58. The molecular weight excluding hydrogens is 224 g/mol. The minimum atomic E-state index is -0.111. The molecule has 0 radical (unpaired) electrons. The lowest BCUT2D eigenvalue weighted by atomic mass is 10.2. The number of pyridine rings is 1. The molecule has 6 heteroatoms. The van der Waals surface area contributed by atoms with Crippen molar-refractivity contribution in [3.63, 3.8) is 0 Å². The third-order valence-electron chi connectivity index (χ3n) is 2.12. The standard InChI is InChI=1S/C10H16N4OS/c1-7(16-2)6-13-10(15)8-3-4-12-9(5-8)14-11/h3-5,7H,6,11H2,1-2H3,(H,12,14)(H,13,15). The number of amides is 1. The highest BCUT2D eigenvalue weighted by Crippen LogP contribution is 2.06. The SMILES string of the molecule is CSC(C)CNC(=O)c1ccnc(NN)c1. The van der Waals surface area contributed by atoms with Gasteiger partial charge in [-0.3, -0.25) is 4.79 Å². The molecule has 0 aliphatic rings. The van der Waals surface area contributed by atoms with Crippen LogP contribution >= 0.6 is 11.8 Å². The Morgan fingerprint density at radius 1 is 1.69 bits per heavy atom. The first-order valence-electron chi connectivity index (χ1n) is 4.91. The lowest BCUT2D eigenvalue weighted by Crippen LogP contribution is -2.29. The Hall–Kier alpha value is -1.27. The van der Waals surface area contributed by atoms with E-state index >= 15 is 0 Å². The maximum atomic E-state index is 11.7. The Morgan fingerprint density at radius 3 is 3.06 bits per heavy atom. The van der Waals surface area contributed by atoms with Crippen LogP contribution in [0.2, 0.25) is 0 Å². The predicted molar refractivity (Wildman–Crippen MR) is 67.4 cm³/mol. The van der Waals surface area contributed by atoms with Crippen LogP contribution in [-0.4, -0.2) is 28.9 Å². The van der Waals surface area contributed by atoms with Gasteiger partial charge in [0.15, 0.2) is 0 Å². The van der Waals surface area contributed by atoms with E-state index in [1.165, 1.54) is 0 Å². The number of nitrogens with zero attached hydrogens (tertiary/aromatic N) is 1. The van der Waals surface area contributed by atoms with Crippen molar-refractivity contribution in [3.8, 4) is 0 Å². The zero-order valence-electron chi connectivity index (χ0n) is 9.36. The van der Waals surface area contributed by atoms with Gasteiger partial charge in [0.2, 0.25) is 0 Å². The third kappa shape index (κ3) is 3.71. The van der Waals surface area contributed by atoms with Crippen LogP contribution in [0.3, 0.4) is 0 Å². The summed E-state index contributed by atoms with van der Waals surface area (Å²) in [5.41, 5.74) is 2.96. The highest BCUT2D eigenvalue weighted by molar-refractivity contribution is 7.99. The summed E-state index contributed by atoms with van der Waals surface area (Å²) >= 11 is 1.71. The largest absolute Gasteiger partial charge is 0.351 e. The van der Waals surface area contributed by atoms with E-state index in [1.807, 2.05) is 6.26 Å². The molecule has 0 saturated carbocycles. The highest BCUT2D eigenvalue weighted by atomic mass is 32.2. The van der Waals surface area contributed by atoms with Crippen molar-refractivity contribution in [2.24, 2.45) is 5.84 Å². The Bertz CT molecular complexity index is 358. The molecule has 1 atom stereocenters. The Kier molecular flexibility index (Phi) is 5.07. The number of hydrogen-bond acceptors (Lipinski definition) is 5. The number of aromatic nitrogens is 1. The molecule has 0 saturated heterocycles. The number of hydrogen-bond donors (Lipinski definition) is 3. The first-order valence-corrected chi connectivity index (χ1v) is 6.19. The highest BCUT2D eigenvalue weighted by Gasteiger charge is 2.07. The first-order chi connectivity index (χ1) is 7.67. The number of anilines is 1. The van der Waals surface area contributed by atoms with Crippen LogP contribution in [0.1, 0.15) is 17.3 Å².